The van der Waals surface area contributed by atoms with Gasteiger partial charge in [-0.2, -0.15) is 0 Å². The molecule has 1 amide bonds. The van der Waals surface area contributed by atoms with Crippen LogP contribution in [0, 0.1) is 5.82 Å². The number of nitrogens with two attached hydrogens (primary N) is 1. The standard InChI is InChI=1S/C21H26F2N2O2/c22-17-7-5-16(6-8-17)19(9-10-20(23)21(24)13-26)18-4-2-1-3-15(18)11-12-25-14-27/h1-8,14,19-21,26H,9-13,24H2,(H,25,27)/t19-,20?,21?/m0/s1. The lowest BCUT2D eigenvalue weighted by molar-refractivity contribution is -0.109. The molecule has 2 rings (SSSR count). The van der Waals surface area contributed by atoms with E-state index in [2.05, 4.69) is 5.32 Å². The monoisotopic (exact) mass is 376 g/mol. The van der Waals surface area contributed by atoms with Gasteiger partial charge in [0.15, 0.2) is 0 Å². The Balaban J connectivity index is 2.29. The molecule has 2 unspecified atom stereocenters. The molecule has 3 atom stereocenters. The summed E-state index contributed by atoms with van der Waals surface area (Å²) in [5.41, 5.74) is 8.54. The number of amides is 1. The van der Waals surface area contributed by atoms with Crippen molar-refractivity contribution in [1.82, 2.24) is 5.32 Å². The predicted molar refractivity (Wildman–Crippen MR) is 102 cm³/mol. The van der Waals surface area contributed by atoms with Crippen LogP contribution < -0.4 is 11.1 Å². The number of benzene rings is 2. The number of rotatable bonds is 11. The lowest BCUT2D eigenvalue weighted by Crippen LogP contribution is -2.35. The first-order chi connectivity index (χ1) is 13.1. The summed E-state index contributed by atoms with van der Waals surface area (Å²) in [6.45, 7) is 0.0914. The molecule has 4 nitrogen and oxygen atoms in total. The fourth-order valence-electron chi connectivity index (χ4n) is 3.22. The molecule has 0 aliphatic carbocycles. The number of alkyl halides is 1. The average Bonchev–Trinajstić information content (AvgIpc) is 2.69. The van der Waals surface area contributed by atoms with Gasteiger partial charge >= 0.3 is 0 Å². The highest BCUT2D eigenvalue weighted by atomic mass is 19.1. The number of carbonyl (C=O) groups is 1. The van der Waals surface area contributed by atoms with Crippen molar-refractivity contribution in [3.63, 3.8) is 0 Å². The molecule has 0 saturated heterocycles. The highest BCUT2D eigenvalue weighted by Gasteiger charge is 2.22. The highest BCUT2D eigenvalue weighted by molar-refractivity contribution is 5.46. The minimum Gasteiger partial charge on any atom is -0.395 e. The summed E-state index contributed by atoms with van der Waals surface area (Å²) in [6.07, 6.45) is 0.636. The molecule has 2 aromatic rings. The fourth-order valence-corrected chi connectivity index (χ4v) is 3.22. The van der Waals surface area contributed by atoms with Crippen molar-refractivity contribution in [3.05, 3.63) is 71.0 Å². The van der Waals surface area contributed by atoms with Gasteiger partial charge in [-0.05, 0) is 48.1 Å². The van der Waals surface area contributed by atoms with E-state index in [1.165, 1.54) is 12.1 Å². The van der Waals surface area contributed by atoms with Crippen molar-refractivity contribution in [2.75, 3.05) is 13.2 Å². The maximum atomic E-state index is 14.2. The van der Waals surface area contributed by atoms with E-state index in [0.717, 1.165) is 16.7 Å². The van der Waals surface area contributed by atoms with Crippen LogP contribution in [0.25, 0.3) is 0 Å². The average molecular weight is 376 g/mol. The Hall–Kier alpha value is -2.31. The zero-order valence-corrected chi connectivity index (χ0v) is 15.2. The van der Waals surface area contributed by atoms with Gasteiger partial charge in [-0.15, -0.1) is 0 Å². The minimum atomic E-state index is -1.32. The molecule has 0 radical (unpaired) electrons. The van der Waals surface area contributed by atoms with Crippen LogP contribution in [0.1, 0.15) is 35.4 Å². The minimum absolute atomic E-state index is 0.137. The van der Waals surface area contributed by atoms with Gasteiger partial charge in [-0.3, -0.25) is 4.79 Å². The normalized spacial score (nSPS) is 14.4. The smallest absolute Gasteiger partial charge is 0.207 e. The first-order valence-corrected chi connectivity index (χ1v) is 9.07. The van der Waals surface area contributed by atoms with Gasteiger partial charge < -0.3 is 16.2 Å². The van der Waals surface area contributed by atoms with Crippen molar-refractivity contribution in [2.45, 2.75) is 37.4 Å². The second-order valence-corrected chi connectivity index (χ2v) is 6.56. The number of carbonyl (C=O) groups excluding carboxylic acids is 1. The van der Waals surface area contributed by atoms with Crippen LogP contribution in [-0.2, 0) is 11.2 Å². The predicted octanol–water partition coefficient (Wildman–Crippen LogP) is 2.68. The van der Waals surface area contributed by atoms with Crippen LogP contribution >= 0.6 is 0 Å². The van der Waals surface area contributed by atoms with E-state index in [-0.39, 0.29) is 18.2 Å². The van der Waals surface area contributed by atoms with Crippen LogP contribution in [-0.4, -0.2) is 36.9 Å². The van der Waals surface area contributed by atoms with Crippen LogP contribution in [0.5, 0.6) is 0 Å². The highest BCUT2D eigenvalue weighted by Crippen LogP contribution is 2.33. The summed E-state index contributed by atoms with van der Waals surface area (Å²) in [6, 6.07) is 13.1. The maximum absolute atomic E-state index is 14.2. The van der Waals surface area contributed by atoms with E-state index >= 15 is 0 Å². The SMILES string of the molecule is NC(CO)C(F)CC[C@@H](c1ccc(F)cc1)c1ccccc1CCNC=O. The van der Waals surface area contributed by atoms with Crippen LogP contribution in [0.3, 0.4) is 0 Å². The Morgan fingerprint density at radius 2 is 1.81 bits per heavy atom. The van der Waals surface area contributed by atoms with Crippen LogP contribution in [0.4, 0.5) is 8.78 Å². The second-order valence-electron chi connectivity index (χ2n) is 6.56. The lowest BCUT2D eigenvalue weighted by atomic mass is 9.83. The Morgan fingerprint density at radius 1 is 1.11 bits per heavy atom. The molecule has 6 heteroatoms. The van der Waals surface area contributed by atoms with E-state index < -0.39 is 18.8 Å². The fraction of sp³-hybridized carbons (Fsp3) is 0.381. The Bertz CT molecular complexity index is 710. The van der Waals surface area contributed by atoms with Gasteiger partial charge in [-0.25, -0.2) is 8.78 Å². The topological polar surface area (TPSA) is 75.3 Å². The molecule has 27 heavy (non-hydrogen) atoms. The summed E-state index contributed by atoms with van der Waals surface area (Å²) < 4.78 is 27.6. The Morgan fingerprint density at radius 3 is 2.48 bits per heavy atom. The molecule has 0 aliphatic rings. The van der Waals surface area contributed by atoms with Gasteiger partial charge in [0.1, 0.15) is 12.0 Å². The zero-order chi connectivity index (χ0) is 19.6. The van der Waals surface area contributed by atoms with Gasteiger partial charge in [0.2, 0.25) is 6.41 Å². The molecule has 0 spiro atoms. The van der Waals surface area contributed by atoms with E-state index in [0.29, 0.717) is 25.8 Å². The summed E-state index contributed by atoms with van der Waals surface area (Å²) in [7, 11) is 0. The second kappa shape index (κ2) is 10.7. The van der Waals surface area contributed by atoms with E-state index in [1.54, 1.807) is 12.1 Å². The lowest BCUT2D eigenvalue weighted by Gasteiger charge is -2.23. The maximum Gasteiger partial charge on any atom is 0.207 e. The van der Waals surface area contributed by atoms with E-state index in [9.17, 15) is 13.6 Å². The molecule has 4 N–H and O–H groups in total. The molecular formula is C21H26F2N2O2. The summed E-state index contributed by atoms with van der Waals surface area (Å²) in [4.78, 5) is 10.5. The quantitative estimate of drug-likeness (QED) is 0.417. The first kappa shape index (κ1) is 21.0. The van der Waals surface area contributed by atoms with Crippen molar-refractivity contribution in [3.8, 4) is 0 Å². The molecule has 0 aliphatic heterocycles. The summed E-state index contributed by atoms with van der Waals surface area (Å²) in [5, 5.41) is 11.7. The molecule has 0 saturated carbocycles. The number of halogens is 2. The van der Waals surface area contributed by atoms with E-state index in [4.69, 9.17) is 10.8 Å². The van der Waals surface area contributed by atoms with Gasteiger partial charge in [0.05, 0.1) is 12.6 Å². The number of hydrogen-bond donors (Lipinski definition) is 3. The summed E-state index contributed by atoms with van der Waals surface area (Å²) >= 11 is 0. The number of aliphatic hydroxyl groups excluding tert-OH is 1. The third-order valence-electron chi connectivity index (χ3n) is 4.73. The molecule has 0 bridgehead atoms. The Labute approximate surface area is 158 Å². The van der Waals surface area contributed by atoms with E-state index in [1.807, 2.05) is 24.3 Å². The molecule has 0 fully saturated rings. The third kappa shape index (κ3) is 6.12. The first-order valence-electron chi connectivity index (χ1n) is 9.07. The van der Waals surface area contributed by atoms with Crippen LogP contribution in [0.2, 0.25) is 0 Å². The van der Waals surface area contributed by atoms with Gasteiger partial charge in [-0.1, -0.05) is 36.4 Å². The van der Waals surface area contributed by atoms with Crippen LogP contribution in [0.15, 0.2) is 48.5 Å². The molecule has 2 aromatic carbocycles. The van der Waals surface area contributed by atoms with Crippen molar-refractivity contribution in [2.24, 2.45) is 5.73 Å². The van der Waals surface area contributed by atoms with Crippen molar-refractivity contribution in [1.29, 1.82) is 0 Å². The molecule has 0 heterocycles. The Kier molecular flexibility index (Phi) is 8.36. The molecular weight excluding hydrogens is 350 g/mol. The number of hydrogen-bond acceptors (Lipinski definition) is 3. The van der Waals surface area contributed by atoms with Crippen molar-refractivity contribution < 1.29 is 18.7 Å². The van der Waals surface area contributed by atoms with Gasteiger partial charge in [0, 0.05) is 12.5 Å². The van der Waals surface area contributed by atoms with Crippen molar-refractivity contribution >= 4 is 6.41 Å². The molecule has 0 aromatic heterocycles. The zero-order valence-electron chi connectivity index (χ0n) is 15.2. The number of aliphatic hydroxyl groups is 1. The number of nitrogens with one attached hydrogen (secondary N) is 1. The third-order valence-corrected chi connectivity index (χ3v) is 4.73. The molecule has 146 valence electrons. The summed E-state index contributed by atoms with van der Waals surface area (Å²) in [5.74, 6) is -0.464. The van der Waals surface area contributed by atoms with Gasteiger partial charge in [0.25, 0.3) is 0 Å². The largest absolute Gasteiger partial charge is 0.395 e.